The molecule has 0 bridgehead atoms. The van der Waals surface area contributed by atoms with Crippen molar-refractivity contribution >= 4 is 5.69 Å². The molecule has 96 valence electrons. The maximum Gasteiger partial charge on any atom is 0.131 e. The molecular weight excluding hydrogens is 246 g/mol. The molecule has 0 amide bonds. The van der Waals surface area contributed by atoms with Gasteiger partial charge >= 0.3 is 0 Å². The topological polar surface area (TPSA) is 27.0 Å². The van der Waals surface area contributed by atoms with Crippen LogP contribution in [-0.4, -0.2) is 7.05 Å². The lowest BCUT2D eigenvalue weighted by atomic mass is 10.1. The molecule has 0 aromatic heterocycles. The average molecular weight is 258 g/mol. The SMILES string of the molecule is CN(Cc1c(F)cccc1F)c1cccc(C#N)c1. The maximum atomic E-state index is 13.6. The van der Waals surface area contributed by atoms with Gasteiger partial charge in [0.2, 0.25) is 0 Å². The van der Waals surface area contributed by atoms with Gasteiger partial charge in [-0.3, -0.25) is 0 Å². The van der Waals surface area contributed by atoms with Crippen molar-refractivity contribution in [3.05, 3.63) is 65.2 Å². The van der Waals surface area contributed by atoms with Gasteiger partial charge in [-0.25, -0.2) is 8.78 Å². The molecule has 2 aromatic carbocycles. The summed E-state index contributed by atoms with van der Waals surface area (Å²) in [6.45, 7) is 0.105. The van der Waals surface area contributed by atoms with Crippen molar-refractivity contribution in [2.75, 3.05) is 11.9 Å². The van der Waals surface area contributed by atoms with Gasteiger partial charge in [-0.2, -0.15) is 5.26 Å². The fourth-order valence-electron chi connectivity index (χ4n) is 1.82. The van der Waals surface area contributed by atoms with Gasteiger partial charge in [0.05, 0.1) is 11.6 Å². The van der Waals surface area contributed by atoms with Crippen LogP contribution in [0.1, 0.15) is 11.1 Å². The second-order valence-corrected chi connectivity index (χ2v) is 4.22. The van der Waals surface area contributed by atoms with E-state index in [-0.39, 0.29) is 12.1 Å². The Morgan fingerprint density at radius 3 is 2.37 bits per heavy atom. The zero-order valence-electron chi connectivity index (χ0n) is 10.4. The van der Waals surface area contributed by atoms with Crippen molar-refractivity contribution in [3.8, 4) is 6.07 Å². The summed E-state index contributed by atoms with van der Waals surface area (Å²) in [7, 11) is 1.72. The van der Waals surface area contributed by atoms with E-state index in [1.807, 2.05) is 6.07 Å². The van der Waals surface area contributed by atoms with Crippen LogP contribution in [0.4, 0.5) is 14.5 Å². The molecule has 4 heteroatoms. The highest BCUT2D eigenvalue weighted by molar-refractivity contribution is 5.51. The van der Waals surface area contributed by atoms with Gasteiger partial charge in [0.15, 0.2) is 0 Å². The van der Waals surface area contributed by atoms with E-state index in [1.54, 1.807) is 36.2 Å². The zero-order valence-corrected chi connectivity index (χ0v) is 10.4. The van der Waals surface area contributed by atoms with Crippen LogP contribution in [-0.2, 0) is 6.54 Å². The van der Waals surface area contributed by atoms with Crippen LogP contribution < -0.4 is 4.90 Å². The first-order valence-corrected chi connectivity index (χ1v) is 5.76. The van der Waals surface area contributed by atoms with Crippen molar-refractivity contribution in [2.24, 2.45) is 0 Å². The van der Waals surface area contributed by atoms with E-state index in [2.05, 4.69) is 0 Å². The minimum absolute atomic E-state index is 0.0207. The Bertz CT molecular complexity index is 612. The first kappa shape index (κ1) is 13.0. The Hall–Kier alpha value is -2.41. The van der Waals surface area contributed by atoms with Gasteiger partial charge in [0.25, 0.3) is 0 Å². The Labute approximate surface area is 110 Å². The van der Waals surface area contributed by atoms with E-state index in [9.17, 15) is 8.78 Å². The molecule has 0 saturated carbocycles. The summed E-state index contributed by atoms with van der Waals surface area (Å²) in [6.07, 6.45) is 0. The van der Waals surface area contributed by atoms with Crippen LogP contribution in [0, 0.1) is 23.0 Å². The summed E-state index contributed by atoms with van der Waals surface area (Å²) in [5.41, 5.74) is 1.27. The van der Waals surface area contributed by atoms with E-state index in [0.29, 0.717) is 5.56 Å². The largest absolute Gasteiger partial charge is 0.370 e. The number of halogens is 2. The Morgan fingerprint density at radius 2 is 1.74 bits per heavy atom. The monoisotopic (exact) mass is 258 g/mol. The molecule has 0 heterocycles. The molecule has 0 saturated heterocycles. The van der Waals surface area contributed by atoms with E-state index in [0.717, 1.165) is 5.69 Å². The van der Waals surface area contributed by atoms with Crippen LogP contribution in [0.3, 0.4) is 0 Å². The van der Waals surface area contributed by atoms with Gasteiger partial charge in [-0.1, -0.05) is 12.1 Å². The molecule has 0 fully saturated rings. The number of hydrogen-bond donors (Lipinski definition) is 0. The third-order valence-corrected chi connectivity index (χ3v) is 2.87. The summed E-state index contributed by atoms with van der Waals surface area (Å²) in [5.74, 6) is -1.13. The predicted octanol–water partition coefficient (Wildman–Crippen LogP) is 3.47. The first-order valence-electron chi connectivity index (χ1n) is 5.76. The molecule has 0 radical (unpaired) electrons. The summed E-state index contributed by atoms with van der Waals surface area (Å²) in [5, 5.41) is 8.83. The van der Waals surface area contributed by atoms with Gasteiger partial charge in [-0.15, -0.1) is 0 Å². The molecular formula is C15H12F2N2. The quantitative estimate of drug-likeness (QED) is 0.842. The number of hydrogen-bond acceptors (Lipinski definition) is 2. The van der Waals surface area contributed by atoms with E-state index < -0.39 is 11.6 Å². The summed E-state index contributed by atoms with van der Waals surface area (Å²) in [6, 6.07) is 12.7. The standard InChI is InChI=1S/C15H12F2N2/c1-19(12-5-2-4-11(8-12)9-18)10-13-14(16)6-3-7-15(13)17/h2-8H,10H2,1H3. The second kappa shape index (κ2) is 5.49. The predicted molar refractivity (Wildman–Crippen MR) is 69.6 cm³/mol. The molecule has 19 heavy (non-hydrogen) atoms. The molecule has 0 unspecified atom stereocenters. The lowest BCUT2D eigenvalue weighted by Gasteiger charge is -2.20. The smallest absolute Gasteiger partial charge is 0.131 e. The van der Waals surface area contributed by atoms with E-state index in [4.69, 9.17) is 5.26 Å². The highest BCUT2D eigenvalue weighted by atomic mass is 19.1. The van der Waals surface area contributed by atoms with Crippen LogP contribution in [0.15, 0.2) is 42.5 Å². The third kappa shape index (κ3) is 2.89. The molecule has 0 spiro atoms. The highest BCUT2D eigenvalue weighted by Gasteiger charge is 2.11. The highest BCUT2D eigenvalue weighted by Crippen LogP contribution is 2.20. The van der Waals surface area contributed by atoms with Crippen LogP contribution in [0.25, 0.3) is 0 Å². The molecule has 0 atom stereocenters. The molecule has 0 aliphatic heterocycles. The molecule has 0 aliphatic carbocycles. The van der Waals surface area contributed by atoms with Gasteiger partial charge in [0.1, 0.15) is 11.6 Å². The van der Waals surface area contributed by atoms with Gasteiger partial charge < -0.3 is 4.90 Å². The van der Waals surface area contributed by atoms with Crippen molar-refractivity contribution in [1.82, 2.24) is 0 Å². The molecule has 0 N–H and O–H groups in total. The second-order valence-electron chi connectivity index (χ2n) is 4.22. The van der Waals surface area contributed by atoms with Gasteiger partial charge in [-0.05, 0) is 30.3 Å². The van der Waals surface area contributed by atoms with Crippen LogP contribution in [0.2, 0.25) is 0 Å². The average Bonchev–Trinajstić information content (AvgIpc) is 2.43. The molecule has 2 rings (SSSR count). The normalized spacial score (nSPS) is 10.0. The number of nitrogens with zero attached hydrogens (tertiary/aromatic N) is 2. The Morgan fingerprint density at radius 1 is 1.11 bits per heavy atom. The van der Waals surface area contributed by atoms with E-state index >= 15 is 0 Å². The van der Waals surface area contributed by atoms with Crippen LogP contribution in [0.5, 0.6) is 0 Å². The number of rotatable bonds is 3. The van der Waals surface area contributed by atoms with Crippen molar-refractivity contribution in [3.63, 3.8) is 0 Å². The number of anilines is 1. The van der Waals surface area contributed by atoms with Crippen molar-refractivity contribution < 1.29 is 8.78 Å². The zero-order chi connectivity index (χ0) is 13.8. The third-order valence-electron chi connectivity index (χ3n) is 2.87. The number of benzene rings is 2. The van der Waals surface area contributed by atoms with E-state index in [1.165, 1.54) is 18.2 Å². The molecule has 0 aliphatic rings. The summed E-state index contributed by atoms with van der Waals surface area (Å²) in [4.78, 5) is 1.70. The minimum Gasteiger partial charge on any atom is -0.370 e. The lowest BCUT2D eigenvalue weighted by Crippen LogP contribution is -2.18. The molecule has 2 nitrogen and oxygen atoms in total. The fraction of sp³-hybridized carbons (Fsp3) is 0.133. The summed E-state index contributed by atoms with van der Waals surface area (Å²) >= 11 is 0. The van der Waals surface area contributed by atoms with Crippen molar-refractivity contribution in [2.45, 2.75) is 6.54 Å². The maximum absolute atomic E-state index is 13.6. The fourth-order valence-corrected chi connectivity index (χ4v) is 1.82. The van der Waals surface area contributed by atoms with Crippen molar-refractivity contribution in [1.29, 1.82) is 5.26 Å². The molecule has 2 aromatic rings. The van der Waals surface area contributed by atoms with Crippen LogP contribution >= 0.6 is 0 Å². The van der Waals surface area contributed by atoms with Gasteiger partial charge in [0, 0.05) is 24.8 Å². The first-order chi connectivity index (χ1) is 9.11. The Kier molecular flexibility index (Phi) is 3.76. The number of nitriles is 1. The minimum atomic E-state index is -0.566. The Balaban J connectivity index is 2.26. The lowest BCUT2D eigenvalue weighted by molar-refractivity contribution is 0.554. The summed E-state index contributed by atoms with van der Waals surface area (Å²) < 4.78 is 27.1.